The van der Waals surface area contributed by atoms with Crippen LogP contribution in [0.5, 0.6) is 0 Å². The molecule has 0 aromatic carbocycles. The van der Waals surface area contributed by atoms with Crippen LogP contribution in [0, 0.1) is 10.8 Å². The van der Waals surface area contributed by atoms with Crippen LogP contribution in [0.1, 0.15) is 39.4 Å². The Morgan fingerprint density at radius 1 is 1.35 bits per heavy atom. The van der Waals surface area contributed by atoms with E-state index in [1.54, 1.807) is 18.4 Å². The zero-order valence-electron chi connectivity index (χ0n) is 12.0. The van der Waals surface area contributed by atoms with E-state index in [2.05, 4.69) is 5.32 Å². The molecule has 2 fully saturated rings. The van der Waals surface area contributed by atoms with E-state index in [1.807, 2.05) is 20.8 Å². The van der Waals surface area contributed by atoms with Crippen LogP contribution >= 0.6 is 0 Å². The van der Waals surface area contributed by atoms with Gasteiger partial charge in [0.2, 0.25) is 0 Å². The summed E-state index contributed by atoms with van der Waals surface area (Å²) in [5.41, 5.74) is -2.13. The Labute approximate surface area is 117 Å². The second kappa shape index (κ2) is 3.87. The molecule has 1 aromatic heterocycles. The fourth-order valence-electron chi connectivity index (χ4n) is 3.47. The van der Waals surface area contributed by atoms with E-state index in [1.165, 1.54) is 0 Å². The van der Waals surface area contributed by atoms with Crippen LogP contribution in [0.25, 0.3) is 0 Å². The van der Waals surface area contributed by atoms with E-state index in [0.717, 1.165) is 0 Å². The molecule has 2 bridgehead atoms. The molecule has 1 saturated heterocycles. The molecule has 20 heavy (non-hydrogen) atoms. The number of amides is 1. The fraction of sp³-hybridized carbons (Fsp3) is 0.600. The summed E-state index contributed by atoms with van der Waals surface area (Å²) in [4.78, 5) is 24.7. The van der Waals surface area contributed by atoms with Crippen molar-refractivity contribution in [2.24, 2.45) is 10.8 Å². The predicted molar refractivity (Wildman–Crippen MR) is 70.5 cm³/mol. The number of hydrogen-bond donors (Lipinski definition) is 1. The first kappa shape index (κ1) is 13.2. The van der Waals surface area contributed by atoms with Gasteiger partial charge in [-0.1, -0.05) is 13.8 Å². The van der Waals surface area contributed by atoms with E-state index >= 15 is 0 Å². The largest absolute Gasteiger partial charge is 0.467 e. The molecule has 2 atom stereocenters. The van der Waals surface area contributed by atoms with Gasteiger partial charge in [0.05, 0.1) is 18.2 Å². The standard InChI is InChI=1S/C15H19NO4/c1-13(2)14(3)6-7-15(13,20-12(14)18)11(17)16-9-10-5-4-8-19-10/h4-5,8H,6-7,9H2,1-3H3,(H,16,17)/t14-,15-/m0/s1. The molecule has 5 heteroatoms. The molecule has 5 nitrogen and oxygen atoms in total. The topological polar surface area (TPSA) is 68.5 Å². The summed E-state index contributed by atoms with van der Waals surface area (Å²) in [6.07, 6.45) is 2.82. The lowest BCUT2D eigenvalue weighted by Gasteiger charge is -2.35. The number of carbonyl (C=O) groups is 2. The number of ether oxygens (including phenoxy) is 1. The molecule has 1 aromatic rings. The molecule has 1 aliphatic heterocycles. The van der Waals surface area contributed by atoms with Gasteiger partial charge in [-0.2, -0.15) is 0 Å². The first-order chi connectivity index (χ1) is 9.33. The minimum absolute atomic E-state index is 0.228. The Kier molecular flexibility index (Phi) is 2.56. The number of furan rings is 1. The Balaban J connectivity index is 1.82. The first-order valence-electron chi connectivity index (χ1n) is 6.88. The summed E-state index contributed by atoms with van der Waals surface area (Å²) in [6, 6.07) is 3.56. The monoisotopic (exact) mass is 277 g/mol. The highest BCUT2D eigenvalue weighted by Gasteiger charge is 2.75. The van der Waals surface area contributed by atoms with Gasteiger partial charge < -0.3 is 14.5 Å². The average molecular weight is 277 g/mol. The van der Waals surface area contributed by atoms with Crippen molar-refractivity contribution in [3.63, 3.8) is 0 Å². The van der Waals surface area contributed by atoms with Crippen LogP contribution in [-0.4, -0.2) is 17.5 Å². The Bertz CT molecular complexity index is 562. The van der Waals surface area contributed by atoms with Crippen LogP contribution < -0.4 is 5.32 Å². The molecule has 1 saturated carbocycles. The van der Waals surface area contributed by atoms with Gasteiger partial charge in [-0.3, -0.25) is 9.59 Å². The maximum Gasteiger partial charge on any atom is 0.313 e. The maximum absolute atomic E-state index is 12.6. The summed E-state index contributed by atoms with van der Waals surface area (Å²) in [6.45, 7) is 6.08. The summed E-state index contributed by atoms with van der Waals surface area (Å²) >= 11 is 0. The normalized spacial score (nSPS) is 34.0. The third kappa shape index (κ3) is 1.38. The number of carbonyl (C=O) groups excluding carboxylic acids is 2. The quantitative estimate of drug-likeness (QED) is 0.858. The van der Waals surface area contributed by atoms with Crippen molar-refractivity contribution in [3.8, 4) is 0 Å². The van der Waals surface area contributed by atoms with E-state index in [0.29, 0.717) is 25.1 Å². The van der Waals surface area contributed by atoms with Gasteiger partial charge in [0.25, 0.3) is 5.91 Å². The number of hydrogen-bond acceptors (Lipinski definition) is 4. The van der Waals surface area contributed by atoms with Gasteiger partial charge in [0.15, 0.2) is 5.60 Å². The molecule has 1 N–H and O–H groups in total. The highest BCUT2D eigenvalue weighted by Crippen LogP contribution is 2.65. The molecule has 108 valence electrons. The van der Waals surface area contributed by atoms with E-state index in [-0.39, 0.29) is 11.9 Å². The van der Waals surface area contributed by atoms with Gasteiger partial charge in [-0.05, 0) is 31.9 Å². The van der Waals surface area contributed by atoms with Gasteiger partial charge in [-0.15, -0.1) is 0 Å². The zero-order valence-corrected chi connectivity index (χ0v) is 12.0. The van der Waals surface area contributed by atoms with Crippen molar-refractivity contribution in [2.75, 3.05) is 0 Å². The third-order valence-electron chi connectivity index (χ3n) is 5.45. The number of esters is 1. The lowest BCUT2D eigenvalue weighted by molar-refractivity contribution is -0.168. The highest BCUT2D eigenvalue weighted by atomic mass is 16.6. The Hall–Kier alpha value is -1.78. The molecule has 3 rings (SSSR count). The first-order valence-corrected chi connectivity index (χ1v) is 6.88. The minimum Gasteiger partial charge on any atom is -0.467 e. The van der Waals surface area contributed by atoms with Crippen molar-refractivity contribution < 1.29 is 18.7 Å². The van der Waals surface area contributed by atoms with Crippen molar-refractivity contribution in [2.45, 2.75) is 45.8 Å². The SMILES string of the molecule is CC1(C)[C@@]2(C)CC[C@@]1(C(=O)NCc1ccco1)OC2=O. The van der Waals surface area contributed by atoms with E-state index < -0.39 is 16.4 Å². The van der Waals surface area contributed by atoms with Crippen LogP contribution in [-0.2, 0) is 20.9 Å². The summed E-state index contributed by atoms with van der Waals surface area (Å²) in [5, 5.41) is 2.83. The smallest absolute Gasteiger partial charge is 0.313 e. The molecule has 0 unspecified atom stereocenters. The van der Waals surface area contributed by atoms with Crippen molar-refractivity contribution in [1.82, 2.24) is 5.32 Å². The zero-order chi connectivity index (χ0) is 14.6. The summed E-state index contributed by atoms with van der Waals surface area (Å²) in [7, 11) is 0. The number of fused-ring (bicyclic) bond motifs is 2. The lowest BCUT2D eigenvalue weighted by atomic mass is 9.66. The minimum atomic E-state index is -1.05. The van der Waals surface area contributed by atoms with Crippen LogP contribution in [0.4, 0.5) is 0 Å². The molecule has 2 aliphatic rings. The van der Waals surface area contributed by atoms with Gasteiger partial charge in [0.1, 0.15) is 5.76 Å². The lowest BCUT2D eigenvalue weighted by Crippen LogP contribution is -2.53. The molecule has 1 amide bonds. The molecule has 0 radical (unpaired) electrons. The van der Waals surface area contributed by atoms with Crippen LogP contribution in [0.2, 0.25) is 0 Å². The van der Waals surface area contributed by atoms with E-state index in [9.17, 15) is 9.59 Å². The predicted octanol–water partition coefficient (Wildman–Crippen LogP) is 2.02. The second-order valence-electron chi connectivity index (χ2n) is 6.44. The number of nitrogens with one attached hydrogen (secondary N) is 1. The molecule has 1 aliphatic carbocycles. The average Bonchev–Trinajstić information content (AvgIpc) is 3.01. The summed E-state index contributed by atoms with van der Waals surface area (Å²) < 4.78 is 10.7. The van der Waals surface area contributed by atoms with Crippen molar-refractivity contribution in [1.29, 1.82) is 0 Å². The maximum atomic E-state index is 12.6. The van der Waals surface area contributed by atoms with Gasteiger partial charge in [-0.25, -0.2) is 0 Å². The second-order valence-corrected chi connectivity index (χ2v) is 6.44. The van der Waals surface area contributed by atoms with Crippen molar-refractivity contribution >= 4 is 11.9 Å². The van der Waals surface area contributed by atoms with Crippen LogP contribution in [0.3, 0.4) is 0 Å². The van der Waals surface area contributed by atoms with E-state index in [4.69, 9.17) is 9.15 Å². The fourth-order valence-corrected chi connectivity index (χ4v) is 3.47. The van der Waals surface area contributed by atoms with Crippen molar-refractivity contribution in [3.05, 3.63) is 24.2 Å². The molecule has 0 spiro atoms. The Morgan fingerprint density at radius 2 is 2.10 bits per heavy atom. The molecule has 2 heterocycles. The molecular formula is C15H19NO4. The Morgan fingerprint density at radius 3 is 2.60 bits per heavy atom. The van der Waals surface area contributed by atoms with Gasteiger partial charge >= 0.3 is 5.97 Å². The third-order valence-corrected chi connectivity index (χ3v) is 5.45. The number of rotatable bonds is 3. The van der Waals surface area contributed by atoms with Crippen LogP contribution in [0.15, 0.2) is 22.8 Å². The summed E-state index contributed by atoms with van der Waals surface area (Å²) in [5.74, 6) is 0.188. The highest BCUT2D eigenvalue weighted by molar-refractivity contribution is 5.96. The van der Waals surface area contributed by atoms with Gasteiger partial charge in [0, 0.05) is 5.41 Å². The molecular weight excluding hydrogens is 258 g/mol.